The zero-order valence-corrected chi connectivity index (χ0v) is 10.9. The molecule has 0 amide bonds. The molecule has 1 N–H and O–H groups in total. The number of carbonyl (C=O) groups is 1. The standard InChI is InChI=1S/C14H13N3O3/c1-17-12(8-11(16-17)14(18)19)9-3-2-4-10(7-9)13-15-5-6-20-13/h2-4,7-8H,5-6H2,1H3,(H,18,19). The number of aryl methyl sites for hydroxylation is 1. The molecule has 20 heavy (non-hydrogen) atoms. The highest BCUT2D eigenvalue weighted by Crippen LogP contribution is 2.22. The van der Waals surface area contributed by atoms with Gasteiger partial charge in [-0.2, -0.15) is 5.10 Å². The predicted molar refractivity (Wildman–Crippen MR) is 73.0 cm³/mol. The van der Waals surface area contributed by atoms with Crippen molar-refractivity contribution in [2.75, 3.05) is 13.2 Å². The number of nitrogens with zero attached hydrogens (tertiary/aromatic N) is 3. The second kappa shape index (κ2) is 4.80. The van der Waals surface area contributed by atoms with Gasteiger partial charge in [-0.25, -0.2) is 9.79 Å². The van der Waals surface area contributed by atoms with Crippen LogP contribution >= 0.6 is 0 Å². The number of aliphatic imine (C=N–C) groups is 1. The maximum Gasteiger partial charge on any atom is 0.356 e. The van der Waals surface area contributed by atoms with E-state index in [2.05, 4.69) is 10.1 Å². The van der Waals surface area contributed by atoms with Gasteiger partial charge in [0.15, 0.2) is 5.69 Å². The Hall–Kier alpha value is -2.63. The fourth-order valence-electron chi connectivity index (χ4n) is 2.16. The highest BCUT2D eigenvalue weighted by Gasteiger charge is 2.15. The molecule has 0 fully saturated rings. The zero-order valence-electron chi connectivity index (χ0n) is 10.9. The van der Waals surface area contributed by atoms with Crippen molar-refractivity contribution in [2.24, 2.45) is 12.0 Å². The van der Waals surface area contributed by atoms with E-state index in [1.165, 1.54) is 0 Å². The number of hydrogen-bond acceptors (Lipinski definition) is 4. The molecule has 1 aliphatic heterocycles. The molecule has 2 aromatic rings. The monoisotopic (exact) mass is 271 g/mol. The number of benzene rings is 1. The summed E-state index contributed by atoms with van der Waals surface area (Å²) >= 11 is 0. The second-order valence-electron chi connectivity index (χ2n) is 4.46. The van der Waals surface area contributed by atoms with Crippen LogP contribution in [-0.2, 0) is 11.8 Å². The molecule has 0 atom stereocenters. The Morgan fingerprint density at radius 3 is 2.80 bits per heavy atom. The van der Waals surface area contributed by atoms with Crippen LogP contribution < -0.4 is 0 Å². The van der Waals surface area contributed by atoms with Gasteiger partial charge in [-0.1, -0.05) is 12.1 Å². The Bertz CT molecular complexity index is 703. The zero-order chi connectivity index (χ0) is 14.1. The van der Waals surface area contributed by atoms with E-state index < -0.39 is 5.97 Å². The van der Waals surface area contributed by atoms with Crippen molar-refractivity contribution in [3.63, 3.8) is 0 Å². The van der Waals surface area contributed by atoms with Crippen molar-refractivity contribution >= 4 is 11.9 Å². The number of aromatic nitrogens is 2. The van der Waals surface area contributed by atoms with Crippen LogP contribution in [0.15, 0.2) is 35.3 Å². The summed E-state index contributed by atoms with van der Waals surface area (Å²) in [6.45, 7) is 1.28. The van der Waals surface area contributed by atoms with Crippen molar-refractivity contribution < 1.29 is 14.6 Å². The van der Waals surface area contributed by atoms with E-state index in [9.17, 15) is 4.79 Å². The van der Waals surface area contributed by atoms with E-state index in [1.54, 1.807) is 17.8 Å². The smallest absolute Gasteiger partial charge is 0.356 e. The van der Waals surface area contributed by atoms with Gasteiger partial charge in [0.1, 0.15) is 6.61 Å². The molecule has 3 rings (SSSR count). The van der Waals surface area contributed by atoms with Gasteiger partial charge in [-0.05, 0) is 18.2 Å². The minimum atomic E-state index is -1.04. The van der Waals surface area contributed by atoms with Gasteiger partial charge in [-0.3, -0.25) is 4.68 Å². The summed E-state index contributed by atoms with van der Waals surface area (Å²) < 4.78 is 6.99. The summed E-state index contributed by atoms with van der Waals surface area (Å²) in [4.78, 5) is 15.2. The molecule has 0 saturated heterocycles. The summed E-state index contributed by atoms with van der Waals surface area (Å²) in [6.07, 6.45) is 0. The molecule has 0 bridgehead atoms. The highest BCUT2D eigenvalue weighted by molar-refractivity contribution is 5.96. The summed E-state index contributed by atoms with van der Waals surface area (Å²) in [7, 11) is 1.72. The van der Waals surface area contributed by atoms with Crippen molar-refractivity contribution in [2.45, 2.75) is 0 Å². The Labute approximate surface area is 115 Å². The molecule has 0 aliphatic carbocycles. The molecule has 0 saturated carbocycles. The number of hydrogen-bond donors (Lipinski definition) is 1. The molecule has 0 spiro atoms. The third-order valence-electron chi connectivity index (χ3n) is 3.09. The van der Waals surface area contributed by atoms with E-state index in [0.29, 0.717) is 19.0 Å². The summed E-state index contributed by atoms with van der Waals surface area (Å²) in [5, 5.41) is 13.0. The number of ether oxygens (including phenoxy) is 1. The lowest BCUT2D eigenvalue weighted by atomic mass is 10.1. The fraction of sp³-hybridized carbons (Fsp3) is 0.214. The Balaban J connectivity index is 2.02. The maximum absolute atomic E-state index is 11.0. The number of carboxylic acid groups (broad SMARTS) is 1. The van der Waals surface area contributed by atoms with E-state index in [1.807, 2.05) is 24.3 Å². The lowest BCUT2D eigenvalue weighted by Gasteiger charge is -2.05. The Kier molecular flexibility index (Phi) is 2.98. The van der Waals surface area contributed by atoms with Crippen LogP contribution in [0.2, 0.25) is 0 Å². The van der Waals surface area contributed by atoms with E-state index in [4.69, 9.17) is 9.84 Å². The quantitative estimate of drug-likeness (QED) is 0.919. The van der Waals surface area contributed by atoms with Gasteiger partial charge in [0.2, 0.25) is 5.90 Å². The average molecular weight is 271 g/mol. The van der Waals surface area contributed by atoms with Crippen LogP contribution in [0.4, 0.5) is 0 Å². The lowest BCUT2D eigenvalue weighted by molar-refractivity contribution is 0.0689. The molecule has 0 radical (unpaired) electrons. The van der Waals surface area contributed by atoms with E-state index in [0.717, 1.165) is 16.8 Å². The predicted octanol–water partition coefficient (Wildman–Crippen LogP) is 1.56. The van der Waals surface area contributed by atoms with Crippen LogP contribution in [-0.4, -0.2) is 39.9 Å². The highest BCUT2D eigenvalue weighted by atomic mass is 16.5. The summed E-state index contributed by atoms with van der Waals surface area (Å²) in [5.41, 5.74) is 2.53. The normalized spacial score (nSPS) is 13.9. The molecular formula is C14H13N3O3. The molecular weight excluding hydrogens is 258 g/mol. The Morgan fingerprint density at radius 2 is 2.15 bits per heavy atom. The van der Waals surface area contributed by atoms with E-state index in [-0.39, 0.29) is 5.69 Å². The fourth-order valence-corrected chi connectivity index (χ4v) is 2.16. The number of rotatable bonds is 3. The van der Waals surface area contributed by atoms with E-state index >= 15 is 0 Å². The molecule has 6 heteroatoms. The molecule has 102 valence electrons. The van der Waals surface area contributed by atoms with Gasteiger partial charge >= 0.3 is 5.97 Å². The summed E-state index contributed by atoms with van der Waals surface area (Å²) in [6, 6.07) is 9.19. The van der Waals surface area contributed by atoms with Crippen molar-refractivity contribution in [1.29, 1.82) is 0 Å². The topological polar surface area (TPSA) is 76.7 Å². The SMILES string of the molecule is Cn1nc(C(=O)O)cc1-c1cccc(C2=NCCO2)c1. The second-order valence-corrected chi connectivity index (χ2v) is 4.46. The molecule has 6 nitrogen and oxygen atoms in total. The molecule has 1 aromatic heterocycles. The van der Waals surface area contributed by atoms with Gasteiger partial charge in [0.05, 0.1) is 12.2 Å². The molecule has 1 aliphatic rings. The minimum absolute atomic E-state index is 0.0300. The number of aromatic carboxylic acids is 1. The molecule has 2 heterocycles. The Morgan fingerprint density at radius 1 is 1.35 bits per heavy atom. The van der Waals surface area contributed by atoms with Crippen LogP contribution in [0.5, 0.6) is 0 Å². The van der Waals surface area contributed by atoms with Crippen molar-refractivity contribution in [3.05, 3.63) is 41.6 Å². The third-order valence-corrected chi connectivity index (χ3v) is 3.09. The first-order valence-corrected chi connectivity index (χ1v) is 6.20. The van der Waals surface area contributed by atoms with Gasteiger partial charge < -0.3 is 9.84 Å². The van der Waals surface area contributed by atoms with Gasteiger partial charge in [0.25, 0.3) is 0 Å². The number of carboxylic acids is 1. The average Bonchev–Trinajstić information content (AvgIpc) is 3.08. The van der Waals surface area contributed by atoms with Crippen LogP contribution in [0, 0.1) is 0 Å². The van der Waals surface area contributed by atoms with Crippen LogP contribution in [0.1, 0.15) is 16.1 Å². The molecule has 0 unspecified atom stereocenters. The lowest BCUT2D eigenvalue weighted by Crippen LogP contribution is -2.02. The van der Waals surface area contributed by atoms with Gasteiger partial charge in [-0.15, -0.1) is 0 Å². The first kappa shape index (κ1) is 12.4. The van der Waals surface area contributed by atoms with Crippen molar-refractivity contribution in [1.82, 2.24) is 9.78 Å². The van der Waals surface area contributed by atoms with Gasteiger partial charge in [0, 0.05) is 18.2 Å². The first-order chi connectivity index (χ1) is 9.65. The molecule has 1 aromatic carbocycles. The van der Waals surface area contributed by atoms with Crippen LogP contribution in [0.3, 0.4) is 0 Å². The largest absolute Gasteiger partial charge is 0.476 e. The van der Waals surface area contributed by atoms with Crippen LogP contribution in [0.25, 0.3) is 11.3 Å². The summed E-state index contributed by atoms with van der Waals surface area (Å²) in [5.74, 6) is -0.404. The first-order valence-electron chi connectivity index (χ1n) is 6.20. The van der Waals surface area contributed by atoms with Crippen molar-refractivity contribution in [3.8, 4) is 11.3 Å². The maximum atomic E-state index is 11.0. The minimum Gasteiger partial charge on any atom is -0.476 e. The third kappa shape index (κ3) is 2.16.